The molecule has 4 heteroatoms. The molecule has 100 valence electrons. The Morgan fingerprint density at radius 2 is 2.17 bits per heavy atom. The summed E-state index contributed by atoms with van der Waals surface area (Å²) in [4.78, 5) is 12.9. The fourth-order valence-corrected chi connectivity index (χ4v) is 1.50. The van der Waals surface area contributed by atoms with Crippen molar-refractivity contribution in [3.63, 3.8) is 0 Å². The maximum atomic E-state index is 11.3. The molecule has 0 aromatic heterocycles. The minimum Gasteiger partial charge on any atom is -0.494 e. The molecule has 0 heterocycles. The van der Waals surface area contributed by atoms with Gasteiger partial charge in [-0.15, -0.1) is 0 Å². The van der Waals surface area contributed by atoms with Crippen molar-refractivity contribution in [2.24, 2.45) is 0 Å². The van der Waals surface area contributed by atoms with Crippen LogP contribution in [0.2, 0.25) is 0 Å². The van der Waals surface area contributed by atoms with E-state index in [1.54, 1.807) is 25.9 Å². The number of carbonyl (C=O) groups excluding carboxylic acids is 1. The molecule has 0 fully saturated rings. The van der Waals surface area contributed by atoms with Crippen LogP contribution in [0.5, 0.6) is 5.75 Å². The zero-order valence-electron chi connectivity index (χ0n) is 11.2. The summed E-state index contributed by atoms with van der Waals surface area (Å²) in [6.07, 6.45) is 0.683. The summed E-state index contributed by atoms with van der Waals surface area (Å²) < 4.78 is 5.55. The summed E-state index contributed by atoms with van der Waals surface area (Å²) in [5.74, 6) is 0.835. The summed E-state index contributed by atoms with van der Waals surface area (Å²) in [7, 11) is 3.49. The van der Waals surface area contributed by atoms with Gasteiger partial charge in [-0.3, -0.25) is 4.79 Å². The number of benzene rings is 1. The van der Waals surface area contributed by atoms with E-state index in [2.05, 4.69) is 0 Å². The van der Waals surface area contributed by atoms with E-state index in [1.165, 1.54) is 0 Å². The van der Waals surface area contributed by atoms with Crippen molar-refractivity contribution in [1.29, 1.82) is 0 Å². The number of hydrogen-bond donors (Lipinski definition) is 1. The van der Waals surface area contributed by atoms with Crippen LogP contribution in [0.15, 0.2) is 24.3 Å². The van der Waals surface area contributed by atoms with Gasteiger partial charge in [0.2, 0.25) is 5.91 Å². The van der Waals surface area contributed by atoms with Crippen LogP contribution < -0.4 is 4.74 Å². The van der Waals surface area contributed by atoms with Crippen LogP contribution in [0.4, 0.5) is 0 Å². The Balaban J connectivity index is 2.35. The molecule has 1 rings (SSSR count). The molecule has 0 radical (unpaired) electrons. The Hall–Kier alpha value is -1.55. The first kappa shape index (κ1) is 14.5. The van der Waals surface area contributed by atoms with Gasteiger partial charge in [0.25, 0.3) is 0 Å². The lowest BCUT2D eigenvalue weighted by Gasteiger charge is -2.11. The predicted molar refractivity (Wildman–Crippen MR) is 70.5 cm³/mol. The van der Waals surface area contributed by atoms with Crippen LogP contribution >= 0.6 is 0 Å². The molecule has 1 aromatic rings. The predicted octanol–water partition coefficient (Wildman–Crippen LogP) is 1.99. The zero-order valence-corrected chi connectivity index (χ0v) is 11.2. The van der Waals surface area contributed by atoms with Gasteiger partial charge in [-0.05, 0) is 31.0 Å². The normalized spacial score (nSPS) is 12.0. The molecule has 18 heavy (non-hydrogen) atoms. The van der Waals surface area contributed by atoms with Gasteiger partial charge < -0.3 is 14.7 Å². The van der Waals surface area contributed by atoms with Crippen LogP contribution in [-0.2, 0) is 4.79 Å². The van der Waals surface area contributed by atoms with Crippen LogP contribution in [0.3, 0.4) is 0 Å². The number of hydrogen-bond acceptors (Lipinski definition) is 3. The summed E-state index contributed by atoms with van der Waals surface area (Å²) >= 11 is 0. The summed E-state index contributed by atoms with van der Waals surface area (Å²) in [5.41, 5.74) is 0.830. The van der Waals surface area contributed by atoms with Crippen LogP contribution in [0, 0.1) is 0 Å². The Morgan fingerprint density at radius 1 is 1.44 bits per heavy atom. The van der Waals surface area contributed by atoms with Crippen LogP contribution in [-0.4, -0.2) is 36.6 Å². The molecule has 0 aliphatic rings. The highest BCUT2D eigenvalue weighted by Crippen LogP contribution is 2.18. The minimum absolute atomic E-state index is 0.108. The lowest BCUT2D eigenvalue weighted by molar-refractivity contribution is -0.128. The van der Waals surface area contributed by atoms with Crippen molar-refractivity contribution in [2.45, 2.75) is 25.9 Å². The van der Waals surface area contributed by atoms with Crippen molar-refractivity contribution in [1.82, 2.24) is 4.90 Å². The van der Waals surface area contributed by atoms with Gasteiger partial charge in [0.05, 0.1) is 12.7 Å². The summed E-state index contributed by atoms with van der Waals surface area (Å²) in [5, 5.41) is 9.45. The highest BCUT2D eigenvalue weighted by Gasteiger charge is 2.04. The molecule has 0 saturated heterocycles. The lowest BCUT2D eigenvalue weighted by atomic mass is 10.1. The molecule has 0 saturated carbocycles. The Bertz CT molecular complexity index is 388. The van der Waals surface area contributed by atoms with Crippen molar-refractivity contribution >= 4 is 5.91 Å². The SMILES string of the molecule is C[C@H](O)c1cccc(OCCCC(=O)N(C)C)c1. The number of amides is 1. The van der Waals surface area contributed by atoms with Gasteiger partial charge in [-0.25, -0.2) is 0 Å². The first-order valence-corrected chi connectivity index (χ1v) is 6.11. The Morgan fingerprint density at radius 3 is 2.78 bits per heavy atom. The summed E-state index contributed by atoms with van der Waals surface area (Å²) in [6, 6.07) is 7.37. The van der Waals surface area contributed by atoms with E-state index in [0.717, 1.165) is 11.3 Å². The van der Waals surface area contributed by atoms with E-state index in [9.17, 15) is 9.90 Å². The fraction of sp³-hybridized carbons (Fsp3) is 0.500. The maximum absolute atomic E-state index is 11.3. The molecule has 1 atom stereocenters. The van der Waals surface area contributed by atoms with Gasteiger partial charge in [0, 0.05) is 20.5 Å². The molecule has 1 aromatic carbocycles. The summed E-state index contributed by atoms with van der Waals surface area (Å²) in [6.45, 7) is 2.22. The quantitative estimate of drug-likeness (QED) is 0.787. The Labute approximate surface area is 108 Å². The monoisotopic (exact) mass is 251 g/mol. The van der Waals surface area contributed by atoms with Crippen molar-refractivity contribution in [3.05, 3.63) is 29.8 Å². The van der Waals surface area contributed by atoms with Gasteiger partial charge in [-0.2, -0.15) is 0 Å². The van der Waals surface area contributed by atoms with Crippen molar-refractivity contribution < 1.29 is 14.6 Å². The van der Waals surface area contributed by atoms with Gasteiger partial charge in [-0.1, -0.05) is 12.1 Å². The highest BCUT2D eigenvalue weighted by atomic mass is 16.5. The van der Waals surface area contributed by atoms with E-state index < -0.39 is 6.10 Å². The molecule has 0 spiro atoms. The number of rotatable bonds is 6. The first-order chi connectivity index (χ1) is 8.50. The molecule has 4 nitrogen and oxygen atoms in total. The second-order valence-corrected chi connectivity index (χ2v) is 4.49. The third-order valence-corrected chi connectivity index (χ3v) is 2.64. The molecular formula is C14H21NO3. The van der Waals surface area contributed by atoms with E-state index in [4.69, 9.17) is 4.74 Å². The van der Waals surface area contributed by atoms with Gasteiger partial charge >= 0.3 is 0 Å². The average molecular weight is 251 g/mol. The maximum Gasteiger partial charge on any atom is 0.222 e. The number of ether oxygens (including phenoxy) is 1. The number of nitrogens with zero attached hydrogens (tertiary/aromatic N) is 1. The second kappa shape index (κ2) is 7.01. The van der Waals surface area contributed by atoms with Crippen LogP contribution in [0.1, 0.15) is 31.4 Å². The van der Waals surface area contributed by atoms with Gasteiger partial charge in [0.15, 0.2) is 0 Å². The topological polar surface area (TPSA) is 49.8 Å². The first-order valence-electron chi connectivity index (χ1n) is 6.11. The fourth-order valence-electron chi connectivity index (χ4n) is 1.50. The zero-order chi connectivity index (χ0) is 13.5. The van der Waals surface area contributed by atoms with Crippen molar-refractivity contribution in [2.75, 3.05) is 20.7 Å². The minimum atomic E-state index is -0.496. The molecule has 1 N–H and O–H groups in total. The number of aliphatic hydroxyl groups is 1. The van der Waals surface area contributed by atoms with E-state index in [1.807, 2.05) is 24.3 Å². The van der Waals surface area contributed by atoms with E-state index in [0.29, 0.717) is 19.4 Å². The molecule has 0 aliphatic heterocycles. The Kier molecular flexibility index (Phi) is 5.65. The third kappa shape index (κ3) is 4.75. The third-order valence-electron chi connectivity index (χ3n) is 2.64. The molecule has 1 amide bonds. The van der Waals surface area contributed by atoms with Gasteiger partial charge in [0.1, 0.15) is 5.75 Å². The molecule has 0 bridgehead atoms. The second-order valence-electron chi connectivity index (χ2n) is 4.49. The molecule has 0 unspecified atom stereocenters. The van der Waals surface area contributed by atoms with E-state index in [-0.39, 0.29) is 5.91 Å². The largest absolute Gasteiger partial charge is 0.494 e. The number of aliphatic hydroxyl groups excluding tert-OH is 1. The van der Waals surface area contributed by atoms with E-state index >= 15 is 0 Å². The standard InChI is InChI=1S/C14H21NO3/c1-11(16)12-6-4-7-13(10-12)18-9-5-8-14(17)15(2)3/h4,6-7,10-11,16H,5,8-9H2,1-3H3/t11-/m0/s1. The van der Waals surface area contributed by atoms with Crippen molar-refractivity contribution in [3.8, 4) is 5.75 Å². The number of carbonyl (C=O) groups is 1. The lowest BCUT2D eigenvalue weighted by Crippen LogP contribution is -2.21. The smallest absolute Gasteiger partial charge is 0.222 e. The van der Waals surface area contributed by atoms with Crippen LogP contribution in [0.25, 0.3) is 0 Å². The molecule has 0 aliphatic carbocycles. The average Bonchev–Trinajstić information content (AvgIpc) is 2.34. The highest BCUT2D eigenvalue weighted by molar-refractivity contribution is 5.75. The molecular weight excluding hydrogens is 230 g/mol.